The van der Waals surface area contributed by atoms with Gasteiger partial charge in [-0.2, -0.15) is 0 Å². The van der Waals surface area contributed by atoms with Crippen LogP contribution in [0, 0.1) is 0 Å². The van der Waals surface area contributed by atoms with Crippen LogP contribution in [0.5, 0.6) is 11.5 Å². The third-order valence-corrected chi connectivity index (χ3v) is 3.25. The molecule has 0 saturated heterocycles. The van der Waals surface area contributed by atoms with Crippen molar-refractivity contribution in [3.05, 3.63) is 24.3 Å². The minimum atomic E-state index is -0.905. The molecule has 0 amide bonds. The topological polar surface area (TPSA) is 67.8 Å². The summed E-state index contributed by atoms with van der Waals surface area (Å²) < 4.78 is 11.1. The van der Waals surface area contributed by atoms with Crippen LogP contribution < -0.4 is 14.8 Å². The van der Waals surface area contributed by atoms with Crippen LogP contribution in [0.15, 0.2) is 24.3 Å². The van der Waals surface area contributed by atoms with Crippen molar-refractivity contribution in [1.82, 2.24) is 5.32 Å². The Kier molecular flexibility index (Phi) is 7.02. The molecule has 1 aromatic carbocycles. The summed E-state index contributed by atoms with van der Waals surface area (Å²) in [6.07, 6.45) is 1.39. The van der Waals surface area contributed by atoms with E-state index in [4.69, 9.17) is 9.47 Å². The molecule has 0 aliphatic carbocycles. The van der Waals surface area contributed by atoms with Crippen LogP contribution in [0.25, 0.3) is 0 Å². The van der Waals surface area contributed by atoms with Crippen LogP contribution in [-0.4, -0.2) is 36.4 Å². The molecule has 0 saturated carbocycles. The van der Waals surface area contributed by atoms with Gasteiger partial charge >= 0.3 is 5.97 Å². The maximum absolute atomic E-state index is 11.3. The van der Waals surface area contributed by atoms with Crippen molar-refractivity contribution in [3.63, 3.8) is 0 Å². The Morgan fingerprint density at radius 1 is 1.24 bits per heavy atom. The molecule has 0 aliphatic heterocycles. The van der Waals surface area contributed by atoms with E-state index in [0.29, 0.717) is 37.7 Å². The highest BCUT2D eigenvalue weighted by Crippen LogP contribution is 2.26. The first-order chi connectivity index (χ1) is 10.0. The molecule has 0 bridgehead atoms. The van der Waals surface area contributed by atoms with Crippen LogP contribution >= 0.6 is 0 Å². The van der Waals surface area contributed by atoms with Gasteiger partial charge in [0.2, 0.25) is 0 Å². The molecule has 1 unspecified atom stereocenters. The normalized spacial score (nSPS) is 13.5. The number of hydrogen-bond donors (Lipinski definition) is 2. The summed E-state index contributed by atoms with van der Waals surface area (Å²) in [7, 11) is 0. The van der Waals surface area contributed by atoms with Crippen LogP contribution in [0.3, 0.4) is 0 Å². The molecule has 118 valence electrons. The summed E-state index contributed by atoms with van der Waals surface area (Å²) in [6.45, 7) is 7.01. The summed E-state index contributed by atoms with van der Waals surface area (Å²) in [5, 5.41) is 12.3. The van der Waals surface area contributed by atoms with E-state index in [1.165, 1.54) is 0 Å². The third kappa shape index (κ3) is 5.27. The van der Waals surface area contributed by atoms with E-state index >= 15 is 0 Å². The van der Waals surface area contributed by atoms with Gasteiger partial charge in [0.15, 0.2) is 11.5 Å². The Morgan fingerprint density at radius 3 is 2.38 bits per heavy atom. The second-order valence-corrected chi connectivity index (χ2v) is 5.04. The van der Waals surface area contributed by atoms with Gasteiger partial charge in [0.1, 0.15) is 12.1 Å². The molecule has 1 atom stereocenters. The van der Waals surface area contributed by atoms with Crippen molar-refractivity contribution in [1.29, 1.82) is 0 Å². The maximum atomic E-state index is 11.3. The number of aliphatic carboxylic acids is 1. The Labute approximate surface area is 126 Å². The highest BCUT2D eigenvalue weighted by molar-refractivity contribution is 5.78. The summed E-state index contributed by atoms with van der Waals surface area (Å²) in [5.41, 5.74) is -0.905. The maximum Gasteiger partial charge on any atom is 0.323 e. The minimum Gasteiger partial charge on any atom is -0.490 e. The summed E-state index contributed by atoms with van der Waals surface area (Å²) >= 11 is 0. The number of para-hydroxylation sites is 2. The molecule has 0 fully saturated rings. The van der Waals surface area contributed by atoms with E-state index in [-0.39, 0.29) is 0 Å². The number of nitrogens with one attached hydrogen (secondary N) is 1. The van der Waals surface area contributed by atoms with Crippen LogP contribution in [0.2, 0.25) is 0 Å². The lowest BCUT2D eigenvalue weighted by molar-refractivity contribution is -0.144. The smallest absolute Gasteiger partial charge is 0.323 e. The van der Waals surface area contributed by atoms with E-state index in [1.54, 1.807) is 6.92 Å². The molecule has 1 rings (SSSR count). The van der Waals surface area contributed by atoms with Gasteiger partial charge in [-0.15, -0.1) is 0 Å². The van der Waals surface area contributed by atoms with Gasteiger partial charge in [-0.05, 0) is 32.4 Å². The third-order valence-electron chi connectivity index (χ3n) is 3.25. The fourth-order valence-electron chi connectivity index (χ4n) is 2.10. The number of carboxylic acids is 1. The van der Waals surface area contributed by atoms with Gasteiger partial charge in [-0.1, -0.05) is 25.5 Å². The zero-order valence-electron chi connectivity index (χ0n) is 13.0. The standard InChI is InChI=1S/C16H25NO4/c1-4-10-16(3,15(18)19)17-11-12-21-14-9-7-6-8-13(14)20-5-2/h6-9,17H,4-5,10-12H2,1-3H3,(H,18,19). The van der Waals surface area contributed by atoms with Crippen molar-refractivity contribution in [2.24, 2.45) is 0 Å². The number of ether oxygens (including phenoxy) is 2. The first-order valence-electron chi connectivity index (χ1n) is 7.36. The number of hydrogen-bond acceptors (Lipinski definition) is 4. The van der Waals surface area contributed by atoms with Gasteiger partial charge in [-0.25, -0.2) is 0 Å². The van der Waals surface area contributed by atoms with Gasteiger partial charge in [-0.3, -0.25) is 10.1 Å². The first-order valence-corrected chi connectivity index (χ1v) is 7.36. The number of carbonyl (C=O) groups is 1. The molecule has 5 nitrogen and oxygen atoms in total. The zero-order chi connectivity index (χ0) is 15.7. The van der Waals surface area contributed by atoms with Crippen molar-refractivity contribution >= 4 is 5.97 Å². The summed E-state index contributed by atoms with van der Waals surface area (Å²) in [6, 6.07) is 7.46. The lowest BCUT2D eigenvalue weighted by Crippen LogP contribution is -2.50. The van der Waals surface area contributed by atoms with Crippen LogP contribution in [0.1, 0.15) is 33.6 Å². The van der Waals surface area contributed by atoms with Gasteiger partial charge in [0, 0.05) is 6.54 Å². The summed E-state index contributed by atoms with van der Waals surface area (Å²) in [5.74, 6) is 0.544. The number of rotatable bonds is 10. The van der Waals surface area contributed by atoms with Gasteiger partial charge in [0.25, 0.3) is 0 Å². The average Bonchev–Trinajstić information content (AvgIpc) is 2.45. The highest BCUT2D eigenvalue weighted by Gasteiger charge is 2.31. The Bertz CT molecular complexity index is 450. The molecule has 0 heterocycles. The zero-order valence-corrected chi connectivity index (χ0v) is 13.0. The fraction of sp³-hybridized carbons (Fsp3) is 0.562. The molecule has 21 heavy (non-hydrogen) atoms. The quantitative estimate of drug-likeness (QED) is 0.650. The molecule has 0 spiro atoms. The summed E-state index contributed by atoms with van der Waals surface area (Å²) in [4.78, 5) is 11.3. The lowest BCUT2D eigenvalue weighted by atomic mass is 9.96. The van der Waals surface area contributed by atoms with Crippen molar-refractivity contribution < 1.29 is 19.4 Å². The van der Waals surface area contributed by atoms with E-state index in [9.17, 15) is 9.90 Å². The van der Waals surface area contributed by atoms with Crippen LogP contribution in [-0.2, 0) is 4.79 Å². The Morgan fingerprint density at radius 2 is 1.86 bits per heavy atom. The van der Waals surface area contributed by atoms with Gasteiger partial charge < -0.3 is 14.6 Å². The molecular weight excluding hydrogens is 270 g/mol. The molecule has 5 heteroatoms. The Balaban J connectivity index is 2.48. The van der Waals surface area contributed by atoms with Crippen molar-refractivity contribution in [2.45, 2.75) is 39.2 Å². The molecule has 0 aliphatic rings. The Hall–Kier alpha value is -1.75. The van der Waals surface area contributed by atoms with E-state index < -0.39 is 11.5 Å². The van der Waals surface area contributed by atoms with E-state index in [1.807, 2.05) is 38.1 Å². The highest BCUT2D eigenvalue weighted by atomic mass is 16.5. The van der Waals surface area contributed by atoms with Crippen LogP contribution in [0.4, 0.5) is 0 Å². The predicted molar refractivity (Wildman–Crippen MR) is 82.1 cm³/mol. The molecule has 1 aromatic rings. The molecule has 0 radical (unpaired) electrons. The minimum absolute atomic E-state index is 0.386. The average molecular weight is 295 g/mol. The SMILES string of the molecule is CCCC(C)(NCCOc1ccccc1OCC)C(=O)O. The predicted octanol–water partition coefficient (Wildman–Crippen LogP) is 2.70. The monoisotopic (exact) mass is 295 g/mol. The van der Waals surface area contributed by atoms with Crippen molar-refractivity contribution in [2.75, 3.05) is 19.8 Å². The van der Waals surface area contributed by atoms with E-state index in [2.05, 4.69) is 5.32 Å². The molecular formula is C16H25NO4. The second-order valence-electron chi connectivity index (χ2n) is 5.04. The molecule has 2 N–H and O–H groups in total. The van der Waals surface area contributed by atoms with Gasteiger partial charge in [0.05, 0.1) is 6.61 Å². The first kappa shape index (κ1) is 17.3. The lowest BCUT2D eigenvalue weighted by Gasteiger charge is -2.25. The van der Waals surface area contributed by atoms with E-state index in [0.717, 1.165) is 6.42 Å². The largest absolute Gasteiger partial charge is 0.490 e. The second kappa shape index (κ2) is 8.52. The number of benzene rings is 1. The van der Waals surface area contributed by atoms with Crippen molar-refractivity contribution in [3.8, 4) is 11.5 Å². The fourth-order valence-corrected chi connectivity index (χ4v) is 2.10. The molecule has 0 aromatic heterocycles. The number of carboxylic acid groups (broad SMARTS) is 1.